The predicted octanol–water partition coefficient (Wildman–Crippen LogP) is -0.556. The van der Waals surface area contributed by atoms with Gasteiger partial charge in [0, 0.05) is 45.3 Å². The van der Waals surface area contributed by atoms with Crippen LogP contribution in [0, 0.1) is 5.92 Å². The van der Waals surface area contributed by atoms with Crippen LogP contribution < -0.4 is 16.0 Å². The molecule has 7 nitrogen and oxygen atoms in total. The van der Waals surface area contributed by atoms with E-state index in [2.05, 4.69) is 20.9 Å². The van der Waals surface area contributed by atoms with E-state index in [0.29, 0.717) is 13.0 Å². The lowest BCUT2D eigenvalue weighted by Crippen LogP contribution is -2.49. The lowest BCUT2D eigenvalue weighted by Gasteiger charge is -2.27. The molecule has 0 spiro atoms. The second-order valence-corrected chi connectivity index (χ2v) is 5.47. The number of carboxylic acids is 1. The second-order valence-electron chi connectivity index (χ2n) is 5.47. The number of piperazine rings is 1. The monoisotopic (exact) mass is 284 g/mol. The summed E-state index contributed by atoms with van der Waals surface area (Å²) in [5.41, 5.74) is 0. The number of hydrogen-bond acceptors (Lipinski definition) is 4. The summed E-state index contributed by atoms with van der Waals surface area (Å²) in [6.45, 7) is 5.43. The third-order valence-electron chi connectivity index (χ3n) is 4.07. The maximum atomic E-state index is 11.8. The van der Waals surface area contributed by atoms with Crippen LogP contribution in [-0.2, 0) is 4.79 Å². The van der Waals surface area contributed by atoms with E-state index >= 15 is 0 Å². The van der Waals surface area contributed by atoms with Crippen LogP contribution in [0.25, 0.3) is 0 Å². The van der Waals surface area contributed by atoms with E-state index in [4.69, 9.17) is 5.11 Å². The molecule has 20 heavy (non-hydrogen) atoms. The summed E-state index contributed by atoms with van der Waals surface area (Å²) >= 11 is 0. The first-order valence-electron chi connectivity index (χ1n) is 7.37. The number of rotatable bonds is 5. The molecule has 4 N–H and O–H groups in total. The van der Waals surface area contributed by atoms with E-state index < -0.39 is 11.9 Å². The van der Waals surface area contributed by atoms with Gasteiger partial charge in [-0.3, -0.25) is 9.69 Å². The number of amides is 2. The molecular weight excluding hydrogens is 260 g/mol. The van der Waals surface area contributed by atoms with Gasteiger partial charge in [0.1, 0.15) is 0 Å². The van der Waals surface area contributed by atoms with Gasteiger partial charge in [-0.1, -0.05) is 6.42 Å². The molecule has 1 saturated carbocycles. The van der Waals surface area contributed by atoms with E-state index in [1.807, 2.05) is 0 Å². The Morgan fingerprint density at radius 3 is 2.70 bits per heavy atom. The zero-order chi connectivity index (χ0) is 14.4. The molecule has 2 unspecified atom stereocenters. The highest BCUT2D eigenvalue weighted by Crippen LogP contribution is 2.25. The normalized spacial score (nSPS) is 27.2. The van der Waals surface area contributed by atoms with Gasteiger partial charge in [-0.2, -0.15) is 0 Å². The van der Waals surface area contributed by atoms with Crippen molar-refractivity contribution in [2.75, 3.05) is 39.3 Å². The second kappa shape index (κ2) is 7.44. The summed E-state index contributed by atoms with van der Waals surface area (Å²) < 4.78 is 0. The van der Waals surface area contributed by atoms with Crippen LogP contribution in [0.4, 0.5) is 4.79 Å². The Labute approximate surface area is 119 Å². The number of hydrogen-bond donors (Lipinski definition) is 4. The minimum Gasteiger partial charge on any atom is -0.481 e. The number of carboxylic acid groups (broad SMARTS) is 1. The van der Waals surface area contributed by atoms with Crippen molar-refractivity contribution in [3.63, 3.8) is 0 Å². The molecule has 0 bridgehead atoms. The number of carbonyl (C=O) groups excluding carboxylic acids is 1. The number of nitrogens with zero attached hydrogens (tertiary/aromatic N) is 1. The summed E-state index contributed by atoms with van der Waals surface area (Å²) in [4.78, 5) is 25.1. The first-order chi connectivity index (χ1) is 9.66. The Morgan fingerprint density at radius 2 is 2.00 bits per heavy atom. The Bertz CT molecular complexity index is 345. The highest BCUT2D eigenvalue weighted by Gasteiger charge is 2.33. The van der Waals surface area contributed by atoms with Crippen molar-refractivity contribution in [3.05, 3.63) is 0 Å². The van der Waals surface area contributed by atoms with E-state index in [1.165, 1.54) is 0 Å². The van der Waals surface area contributed by atoms with E-state index in [-0.39, 0.29) is 12.1 Å². The van der Waals surface area contributed by atoms with Crippen LogP contribution in [0.2, 0.25) is 0 Å². The molecule has 2 rings (SSSR count). The molecule has 1 heterocycles. The largest absolute Gasteiger partial charge is 0.481 e. The summed E-state index contributed by atoms with van der Waals surface area (Å²) in [5, 5.41) is 17.9. The van der Waals surface area contributed by atoms with Crippen molar-refractivity contribution in [2.45, 2.75) is 25.3 Å². The van der Waals surface area contributed by atoms with Gasteiger partial charge >= 0.3 is 12.0 Å². The summed E-state index contributed by atoms with van der Waals surface area (Å²) in [7, 11) is 0. The molecule has 1 aliphatic heterocycles. The Morgan fingerprint density at radius 1 is 1.25 bits per heavy atom. The predicted molar refractivity (Wildman–Crippen MR) is 74.6 cm³/mol. The lowest BCUT2D eigenvalue weighted by molar-refractivity contribution is -0.142. The minimum absolute atomic E-state index is 0.230. The topological polar surface area (TPSA) is 93.7 Å². The molecule has 0 aromatic heterocycles. The van der Waals surface area contributed by atoms with Gasteiger partial charge in [0.15, 0.2) is 0 Å². The number of urea groups is 1. The van der Waals surface area contributed by atoms with E-state index in [9.17, 15) is 9.59 Å². The molecule has 0 radical (unpaired) electrons. The third-order valence-corrected chi connectivity index (χ3v) is 4.07. The SMILES string of the molecule is O=C(NCCN1CCNCC1)NC1CCCC1C(=O)O. The van der Waals surface area contributed by atoms with Crippen LogP contribution in [0.3, 0.4) is 0 Å². The first kappa shape index (κ1) is 15.1. The van der Waals surface area contributed by atoms with E-state index in [0.717, 1.165) is 45.6 Å². The molecule has 2 aliphatic rings. The molecule has 1 saturated heterocycles. The standard InChI is InChI=1S/C13H24N4O3/c18-12(19)10-2-1-3-11(10)16-13(20)15-6-9-17-7-4-14-5-8-17/h10-11,14H,1-9H2,(H,18,19)(H2,15,16,20). The Kier molecular flexibility index (Phi) is 5.60. The van der Waals surface area contributed by atoms with Gasteiger partial charge in [0.2, 0.25) is 0 Å². The van der Waals surface area contributed by atoms with Crippen molar-refractivity contribution in [2.24, 2.45) is 5.92 Å². The molecule has 7 heteroatoms. The van der Waals surface area contributed by atoms with Crippen molar-refractivity contribution in [3.8, 4) is 0 Å². The average molecular weight is 284 g/mol. The molecular formula is C13H24N4O3. The number of aliphatic carboxylic acids is 1. The maximum Gasteiger partial charge on any atom is 0.315 e. The molecule has 0 aromatic rings. The smallest absolute Gasteiger partial charge is 0.315 e. The quantitative estimate of drug-likeness (QED) is 0.543. The molecule has 2 fully saturated rings. The molecule has 1 aliphatic carbocycles. The zero-order valence-electron chi connectivity index (χ0n) is 11.7. The van der Waals surface area contributed by atoms with Gasteiger partial charge in [-0.05, 0) is 12.8 Å². The summed E-state index contributed by atoms with van der Waals surface area (Å²) in [5.74, 6) is -1.25. The van der Waals surface area contributed by atoms with Gasteiger partial charge in [0.05, 0.1) is 5.92 Å². The molecule has 2 amide bonds. The molecule has 114 valence electrons. The average Bonchev–Trinajstić information content (AvgIpc) is 2.88. The maximum absolute atomic E-state index is 11.8. The fraction of sp³-hybridized carbons (Fsp3) is 0.846. The van der Waals surface area contributed by atoms with Crippen molar-refractivity contribution in [1.82, 2.24) is 20.9 Å². The highest BCUT2D eigenvalue weighted by atomic mass is 16.4. The molecule has 0 aromatic carbocycles. The van der Waals surface area contributed by atoms with Crippen LogP contribution >= 0.6 is 0 Å². The van der Waals surface area contributed by atoms with Gasteiger partial charge in [0.25, 0.3) is 0 Å². The van der Waals surface area contributed by atoms with Crippen LogP contribution in [0.15, 0.2) is 0 Å². The Balaban J connectivity index is 1.63. The first-order valence-corrected chi connectivity index (χ1v) is 7.37. The van der Waals surface area contributed by atoms with Gasteiger partial charge in [-0.25, -0.2) is 4.79 Å². The van der Waals surface area contributed by atoms with Crippen LogP contribution in [0.5, 0.6) is 0 Å². The van der Waals surface area contributed by atoms with Gasteiger partial charge < -0.3 is 21.1 Å². The van der Waals surface area contributed by atoms with Crippen molar-refractivity contribution in [1.29, 1.82) is 0 Å². The number of nitrogens with one attached hydrogen (secondary N) is 3. The Hall–Kier alpha value is -1.34. The fourth-order valence-electron chi connectivity index (χ4n) is 2.91. The van der Waals surface area contributed by atoms with Crippen LogP contribution in [0.1, 0.15) is 19.3 Å². The zero-order valence-corrected chi connectivity index (χ0v) is 11.7. The van der Waals surface area contributed by atoms with Gasteiger partial charge in [-0.15, -0.1) is 0 Å². The molecule has 2 atom stereocenters. The highest BCUT2D eigenvalue weighted by molar-refractivity contribution is 5.77. The van der Waals surface area contributed by atoms with Crippen molar-refractivity contribution < 1.29 is 14.7 Å². The van der Waals surface area contributed by atoms with E-state index in [1.54, 1.807) is 0 Å². The van der Waals surface area contributed by atoms with Crippen molar-refractivity contribution >= 4 is 12.0 Å². The van der Waals surface area contributed by atoms with Crippen LogP contribution in [-0.4, -0.2) is 67.3 Å². The summed E-state index contributed by atoms with van der Waals surface area (Å²) in [6.07, 6.45) is 2.27. The minimum atomic E-state index is -0.811. The third kappa shape index (κ3) is 4.35. The summed E-state index contributed by atoms with van der Waals surface area (Å²) in [6, 6.07) is -0.482. The number of carbonyl (C=O) groups is 2. The lowest BCUT2D eigenvalue weighted by atomic mass is 10.0. The fourth-order valence-corrected chi connectivity index (χ4v) is 2.91.